The Morgan fingerprint density at radius 3 is 2.43 bits per heavy atom. The molecule has 21 heavy (non-hydrogen) atoms. The van der Waals surface area contributed by atoms with E-state index in [0.29, 0.717) is 25.3 Å². The molecular formula is C14H22ClN3O3. The minimum absolute atomic E-state index is 0. The third-order valence-corrected chi connectivity index (χ3v) is 2.55. The molecule has 0 heterocycles. The van der Waals surface area contributed by atoms with Crippen molar-refractivity contribution in [2.45, 2.75) is 0 Å². The molecule has 0 bridgehead atoms. The third kappa shape index (κ3) is 9.01. The first-order valence-corrected chi connectivity index (χ1v) is 6.53. The Bertz CT molecular complexity index is 415. The van der Waals surface area contributed by atoms with Crippen molar-refractivity contribution in [1.29, 1.82) is 0 Å². The molecule has 0 saturated heterocycles. The van der Waals surface area contributed by atoms with E-state index in [0.717, 1.165) is 6.54 Å². The molecule has 0 spiro atoms. The lowest BCUT2D eigenvalue weighted by atomic mass is 10.2. The number of methoxy groups -OCH3 is 1. The average Bonchev–Trinajstić information content (AvgIpc) is 2.49. The second-order valence-corrected chi connectivity index (χ2v) is 4.14. The van der Waals surface area contributed by atoms with Gasteiger partial charge in [0.25, 0.3) is 5.91 Å². The molecule has 0 aliphatic rings. The zero-order valence-electron chi connectivity index (χ0n) is 12.1. The fourth-order valence-electron chi connectivity index (χ4n) is 1.50. The zero-order chi connectivity index (χ0) is 14.6. The summed E-state index contributed by atoms with van der Waals surface area (Å²) in [6.07, 6.45) is 0. The predicted octanol–water partition coefficient (Wildman–Crippen LogP) is 0.190. The number of hydrogen-bond donors (Lipinski definition) is 3. The van der Waals surface area contributed by atoms with Crippen LogP contribution in [0.15, 0.2) is 30.3 Å². The summed E-state index contributed by atoms with van der Waals surface area (Å²) in [4.78, 5) is 23.2. The van der Waals surface area contributed by atoms with Crippen molar-refractivity contribution in [3.8, 4) is 0 Å². The van der Waals surface area contributed by atoms with Crippen LogP contribution in [0, 0.1) is 0 Å². The molecule has 3 N–H and O–H groups in total. The van der Waals surface area contributed by atoms with Crippen LogP contribution in [0.1, 0.15) is 10.4 Å². The number of benzene rings is 1. The minimum Gasteiger partial charge on any atom is -0.383 e. The van der Waals surface area contributed by atoms with Gasteiger partial charge >= 0.3 is 0 Å². The summed E-state index contributed by atoms with van der Waals surface area (Å²) < 4.78 is 4.88. The Hall–Kier alpha value is -1.63. The maximum atomic E-state index is 11.7. The first-order chi connectivity index (χ1) is 9.74. The molecule has 1 aromatic carbocycles. The Morgan fingerprint density at radius 1 is 1.05 bits per heavy atom. The van der Waals surface area contributed by atoms with Gasteiger partial charge in [-0.3, -0.25) is 9.59 Å². The van der Waals surface area contributed by atoms with Crippen LogP contribution in [-0.2, 0) is 9.53 Å². The zero-order valence-corrected chi connectivity index (χ0v) is 12.9. The number of halogens is 1. The van der Waals surface area contributed by atoms with Crippen molar-refractivity contribution in [2.24, 2.45) is 0 Å². The van der Waals surface area contributed by atoms with E-state index in [2.05, 4.69) is 16.0 Å². The van der Waals surface area contributed by atoms with Crippen molar-refractivity contribution in [2.75, 3.05) is 39.9 Å². The number of nitrogens with one attached hydrogen (secondary N) is 3. The highest BCUT2D eigenvalue weighted by Crippen LogP contribution is 1.96. The Balaban J connectivity index is 0.00000400. The lowest BCUT2D eigenvalue weighted by Gasteiger charge is -2.07. The summed E-state index contributed by atoms with van der Waals surface area (Å²) in [6, 6.07) is 8.79. The van der Waals surface area contributed by atoms with Gasteiger partial charge in [0.1, 0.15) is 0 Å². The van der Waals surface area contributed by atoms with E-state index in [4.69, 9.17) is 4.74 Å². The van der Waals surface area contributed by atoms with Crippen molar-refractivity contribution in [3.63, 3.8) is 0 Å². The molecule has 1 rings (SSSR count). The van der Waals surface area contributed by atoms with Crippen LogP contribution < -0.4 is 16.0 Å². The normalized spacial score (nSPS) is 9.57. The summed E-state index contributed by atoms with van der Waals surface area (Å²) >= 11 is 0. The highest BCUT2D eigenvalue weighted by Gasteiger charge is 2.06. The van der Waals surface area contributed by atoms with E-state index >= 15 is 0 Å². The molecule has 0 unspecified atom stereocenters. The molecule has 0 saturated carbocycles. The van der Waals surface area contributed by atoms with Gasteiger partial charge in [-0.15, -0.1) is 12.4 Å². The van der Waals surface area contributed by atoms with Crippen molar-refractivity contribution in [1.82, 2.24) is 16.0 Å². The van der Waals surface area contributed by atoms with Gasteiger partial charge in [-0.1, -0.05) is 18.2 Å². The lowest BCUT2D eigenvalue weighted by molar-refractivity contribution is -0.120. The van der Waals surface area contributed by atoms with E-state index in [-0.39, 0.29) is 30.8 Å². The topological polar surface area (TPSA) is 79.5 Å². The molecule has 0 aromatic heterocycles. The van der Waals surface area contributed by atoms with Crippen molar-refractivity contribution < 1.29 is 14.3 Å². The van der Waals surface area contributed by atoms with Crippen molar-refractivity contribution >= 4 is 24.2 Å². The van der Waals surface area contributed by atoms with Crippen LogP contribution in [0.25, 0.3) is 0 Å². The van der Waals surface area contributed by atoms with Gasteiger partial charge in [-0.2, -0.15) is 0 Å². The monoisotopic (exact) mass is 315 g/mol. The number of amides is 2. The molecule has 0 radical (unpaired) electrons. The van der Waals surface area contributed by atoms with E-state index < -0.39 is 0 Å². The maximum Gasteiger partial charge on any atom is 0.251 e. The van der Waals surface area contributed by atoms with Crippen LogP contribution in [0.3, 0.4) is 0 Å². The van der Waals surface area contributed by atoms with Crippen LogP contribution >= 0.6 is 12.4 Å². The first-order valence-electron chi connectivity index (χ1n) is 6.53. The maximum absolute atomic E-state index is 11.7. The lowest BCUT2D eigenvalue weighted by Crippen LogP contribution is -2.39. The van der Waals surface area contributed by atoms with E-state index in [9.17, 15) is 9.59 Å². The molecular weight excluding hydrogens is 294 g/mol. The Labute approximate surface area is 131 Å². The standard InChI is InChI=1S/C14H21N3O3.ClH/c1-20-10-9-15-7-8-16-13(18)11-17-14(19)12-5-3-2-4-6-12;/h2-6,15H,7-11H2,1H3,(H,16,18)(H,17,19);1H. The van der Waals surface area contributed by atoms with Gasteiger partial charge < -0.3 is 20.7 Å². The van der Waals surface area contributed by atoms with E-state index in [1.807, 2.05) is 6.07 Å². The molecule has 0 aliphatic carbocycles. The first kappa shape index (κ1) is 19.4. The van der Waals surface area contributed by atoms with Gasteiger partial charge in [-0.05, 0) is 12.1 Å². The van der Waals surface area contributed by atoms with Gasteiger partial charge in [-0.25, -0.2) is 0 Å². The molecule has 0 atom stereocenters. The largest absolute Gasteiger partial charge is 0.383 e. The molecule has 2 amide bonds. The number of rotatable bonds is 9. The fourth-order valence-corrected chi connectivity index (χ4v) is 1.50. The smallest absolute Gasteiger partial charge is 0.251 e. The fraction of sp³-hybridized carbons (Fsp3) is 0.429. The van der Waals surface area contributed by atoms with Crippen molar-refractivity contribution in [3.05, 3.63) is 35.9 Å². The Morgan fingerprint density at radius 2 is 1.76 bits per heavy atom. The minimum atomic E-state index is -0.251. The summed E-state index contributed by atoms with van der Waals surface area (Å²) in [6.45, 7) is 2.55. The molecule has 1 aromatic rings. The highest BCUT2D eigenvalue weighted by atomic mass is 35.5. The number of carbonyl (C=O) groups is 2. The van der Waals surface area contributed by atoms with Gasteiger partial charge in [0.15, 0.2) is 0 Å². The number of ether oxygens (including phenoxy) is 1. The molecule has 7 heteroatoms. The van der Waals surface area contributed by atoms with Gasteiger partial charge in [0.2, 0.25) is 5.91 Å². The van der Waals surface area contributed by atoms with Gasteiger partial charge in [0.05, 0.1) is 13.2 Å². The average molecular weight is 316 g/mol. The summed E-state index contributed by atoms with van der Waals surface area (Å²) in [7, 11) is 1.64. The van der Waals surface area contributed by atoms with Crippen LogP contribution in [0.2, 0.25) is 0 Å². The second-order valence-electron chi connectivity index (χ2n) is 4.14. The third-order valence-electron chi connectivity index (χ3n) is 2.55. The quantitative estimate of drug-likeness (QED) is 0.568. The number of carbonyl (C=O) groups excluding carboxylic acids is 2. The molecule has 118 valence electrons. The van der Waals surface area contributed by atoms with E-state index in [1.165, 1.54) is 0 Å². The number of hydrogen-bond acceptors (Lipinski definition) is 4. The summed E-state index contributed by atoms with van der Waals surface area (Å²) in [5.41, 5.74) is 0.543. The van der Waals surface area contributed by atoms with Crippen LogP contribution in [0.4, 0.5) is 0 Å². The molecule has 0 aliphatic heterocycles. The summed E-state index contributed by atoms with van der Waals surface area (Å²) in [5.74, 6) is -0.457. The van der Waals surface area contributed by atoms with Crippen LogP contribution in [-0.4, -0.2) is 51.7 Å². The van der Waals surface area contributed by atoms with Crippen LogP contribution in [0.5, 0.6) is 0 Å². The second kappa shape index (κ2) is 12.1. The van der Waals surface area contributed by atoms with E-state index in [1.54, 1.807) is 31.4 Å². The summed E-state index contributed by atoms with van der Waals surface area (Å²) in [5, 5.41) is 8.38. The molecule has 6 nitrogen and oxygen atoms in total. The Kier molecular flexibility index (Phi) is 11.2. The van der Waals surface area contributed by atoms with Gasteiger partial charge in [0, 0.05) is 32.3 Å². The molecule has 0 fully saturated rings. The SMILES string of the molecule is COCCNCCNC(=O)CNC(=O)c1ccccc1.Cl. The predicted molar refractivity (Wildman–Crippen MR) is 83.8 cm³/mol. The highest BCUT2D eigenvalue weighted by molar-refractivity contribution is 5.96.